The number of halogens is 1. The molecule has 2 aromatic rings. The minimum Gasteiger partial charge on any atom is -0.493 e. The Morgan fingerprint density at radius 3 is 2.53 bits per heavy atom. The number of rotatable bonds is 4. The number of hydrogen-bond donors (Lipinski definition) is 5. The smallest absolute Gasteiger partial charge is 0.125 e. The van der Waals surface area contributed by atoms with Gasteiger partial charge in [0.25, 0.3) is 0 Å². The van der Waals surface area contributed by atoms with E-state index in [0.29, 0.717) is 35.8 Å². The number of aliphatic hydroxyl groups excluding tert-OH is 5. The lowest BCUT2D eigenvalue weighted by Gasteiger charge is -2.40. The average molecular weight is 437 g/mol. The molecular formula is C22H25ClO7. The van der Waals surface area contributed by atoms with Gasteiger partial charge >= 0.3 is 0 Å². The molecule has 0 aliphatic carbocycles. The van der Waals surface area contributed by atoms with E-state index < -0.39 is 43.2 Å². The normalized spacial score (nSPS) is 31.1. The van der Waals surface area contributed by atoms with E-state index in [2.05, 4.69) is 0 Å². The molecule has 5 N–H and O–H groups in total. The van der Waals surface area contributed by atoms with Crippen molar-refractivity contribution in [3.63, 3.8) is 0 Å². The van der Waals surface area contributed by atoms with Crippen molar-refractivity contribution in [2.75, 3.05) is 13.2 Å². The van der Waals surface area contributed by atoms with E-state index in [9.17, 15) is 25.5 Å². The SMILES string of the molecule is OC[C@H]1O[C@@H](c2ccc(Cl)c(Cc3ccc4c(c3)C(O)CCO4)c2)C(O)C(O)[C@@H]1O. The number of aliphatic hydroxyl groups is 5. The fourth-order valence-corrected chi connectivity index (χ4v) is 4.22. The van der Waals surface area contributed by atoms with Gasteiger partial charge in [-0.3, -0.25) is 0 Å². The first kappa shape index (κ1) is 21.5. The molecular weight excluding hydrogens is 412 g/mol. The number of benzene rings is 2. The van der Waals surface area contributed by atoms with E-state index in [0.717, 1.165) is 16.7 Å². The second-order valence-electron chi connectivity index (χ2n) is 7.80. The third-order valence-corrected chi connectivity index (χ3v) is 6.14. The Morgan fingerprint density at radius 1 is 0.967 bits per heavy atom. The fourth-order valence-electron chi connectivity index (χ4n) is 4.04. The van der Waals surface area contributed by atoms with Crippen molar-refractivity contribution in [3.05, 3.63) is 63.7 Å². The molecule has 2 aliphatic rings. The van der Waals surface area contributed by atoms with Gasteiger partial charge in [-0.1, -0.05) is 29.8 Å². The molecule has 162 valence electrons. The molecule has 30 heavy (non-hydrogen) atoms. The predicted octanol–water partition coefficient (Wildman–Crippen LogP) is 1.26. The molecule has 8 heteroatoms. The Morgan fingerprint density at radius 2 is 1.77 bits per heavy atom. The lowest BCUT2D eigenvalue weighted by Crippen LogP contribution is -2.55. The topological polar surface area (TPSA) is 120 Å². The largest absolute Gasteiger partial charge is 0.493 e. The molecule has 6 atom stereocenters. The van der Waals surface area contributed by atoms with Crippen LogP contribution in [-0.4, -0.2) is 63.2 Å². The van der Waals surface area contributed by atoms with Crippen LogP contribution in [0.1, 0.15) is 40.9 Å². The molecule has 0 radical (unpaired) electrons. The molecule has 4 rings (SSSR count). The van der Waals surface area contributed by atoms with E-state index in [1.807, 2.05) is 18.2 Å². The summed E-state index contributed by atoms with van der Waals surface area (Å²) in [4.78, 5) is 0. The maximum Gasteiger partial charge on any atom is 0.125 e. The highest BCUT2D eigenvalue weighted by atomic mass is 35.5. The molecule has 0 saturated carbocycles. The van der Waals surface area contributed by atoms with Crippen LogP contribution in [0.3, 0.4) is 0 Å². The van der Waals surface area contributed by atoms with Gasteiger partial charge in [0.2, 0.25) is 0 Å². The van der Waals surface area contributed by atoms with E-state index in [-0.39, 0.29) is 0 Å². The molecule has 2 aliphatic heterocycles. The van der Waals surface area contributed by atoms with Crippen molar-refractivity contribution in [1.29, 1.82) is 0 Å². The lowest BCUT2D eigenvalue weighted by molar-refractivity contribution is -0.231. The molecule has 2 heterocycles. The molecule has 1 saturated heterocycles. The van der Waals surface area contributed by atoms with Crippen LogP contribution in [0.25, 0.3) is 0 Å². The van der Waals surface area contributed by atoms with Gasteiger partial charge in [0.1, 0.15) is 36.3 Å². The van der Waals surface area contributed by atoms with Gasteiger partial charge in [-0.15, -0.1) is 0 Å². The summed E-state index contributed by atoms with van der Waals surface area (Å²) in [6.45, 7) is 0.00189. The minimum absolute atomic E-state index is 0.476. The summed E-state index contributed by atoms with van der Waals surface area (Å²) in [5, 5.41) is 50.6. The summed E-state index contributed by atoms with van der Waals surface area (Å²) in [5.74, 6) is 0.679. The van der Waals surface area contributed by atoms with Crippen LogP contribution in [0.5, 0.6) is 5.75 Å². The Balaban J connectivity index is 1.60. The lowest BCUT2D eigenvalue weighted by atomic mass is 9.90. The third-order valence-electron chi connectivity index (χ3n) is 5.77. The second kappa shape index (κ2) is 8.80. The standard InChI is InChI=1S/C22H25ClO7/c23-15-3-2-12(22-21(28)20(27)19(26)18(10-24)30-22)9-13(15)7-11-1-4-17-14(8-11)16(25)5-6-29-17/h1-4,8-9,16,18-22,24-28H,5-7,10H2/t16?,18-,19-,20?,21?,22+/m1/s1. The highest BCUT2D eigenvalue weighted by Crippen LogP contribution is 2.36. The van der Waals surface area contributed by atoms with Gasteiger partial charge in [0.05, 0.1) is 19.3 Å². The number of hydrogen-bond acceptors (Lipinski definition) is 7. The van der Waals surface area contributed by atoms with Crippen LogP contribution in [0, 0.1) is 0 Å². The predicted molar refractivity (Wildman–Crippen MR) is 108 cm³/mol. The van der Waals surface area contributed by atoms with Crippen LogP contribution in [0.15, 0.2) is 36.4 Å². The monoisotopic (exact) mass is 436 g/mol. The Hall–Kier alpha value is -1.71. The first-order chi connectivity index (χ1) is 14.4. The average Bonchev–Trinajstić information content (AvgIpc) is 2.75. The third kappa shape index (κ3) is 4.07. The van der Waals surface area contributed by atoms with E-state index >= 15 is 0 Å². The van der Waals surface area contributed by atoms with Gasteiger partial charge in [0, 0.05) is 17.0 Å². The Labute approximate surface area is 179 Å². The number of fused-ring (bicyclic) bond motifs is 1. The molecule has 0 spiro atoms. The summed E-state index contributed by atoms with van der Waals surface area (Å²) in [6, 6.07) is 10.8. The quantitative estimate of drug-likeness (QED) is 0.489. The Bertz CT molecular complexity index is 903. The second-order valence-corrected chi connectivity index (χ2v) is 8.21. The zero-order chi connectivity index (χ0) is 21.4. The van der Waals surface area contributed by atoms with E-state index in [1.54, 1.807) is 18.2 Å². The van der Waals surface area contributed by atoms with E-state index in [4.69, 9.17) is 21.1 Å². The summed E-state index contributed by atoms with van der Waals surface area (Å²) in [6.07, 6.45) is -5.64. The van der Waals surface area contributed by atoms with Crippen molar-refractivity contribution < 1.29 is 35.0 Å². The first-order valence-corrected chi connectivity index (χ1v) is 10.3. The molecule has 1 fully saturated rings. The van der Waals surface area contributed by atoms with Crippen LogP contribution >= 0.6 is 11.6 Å². The maximum atomic E-state index is 10.4. The van der Waals surface area contributed by atoms with Crippen LogP contribution < -0.4 is 4.74 Å². The van der Waals surface area contributed by atoms with Crippen LogP contribution in [0.2, 0.25) is 5.02 Å². The maximum absolute atomic E-state index is 10.4. The molecule has 0 aromatic heterocycles. The van der Waals surface area contributed by atoms with Crippen LogP contribution in [-0.2, 0) is 11.2 Å². The molecule has 3 unspecified atom stereocenters. The molecule has 0 amide bonds. The van der Waals surface area contributed by atoms with Crippen molar-refractivity contribution in [1.82, 2.24) is 0 Å². The van der Waals surface area contributed by atoms with Crippen molar-refractivity contribution in [2.24, 2.45) is 0 Å². The van der Waals surface area contributed by atoms with Crippen LogP contribution in [0.4, 0.5) is 0 Å². The Kier molecular flexibility index (Phi) is 6.31. The zero-order valence-corrected chi connectivity index (χ0v) is 16.9. The van der Waals surface area contributed by atoms with E-state index in [1.165, 1.54) is 0 Å². The summed E-state index contributed by atoms with van der Waals surface area (Å²) >= 11 is 6.39. The zero-order valence-electron chi connectivity index (χ0n) is 16.2. The van der Waals surface area contributed by atoms with Gasteiger partial charge in [0.15, 0.2) is 0 Å². The highest BCUT2D eigenvalue weighted by Gasteiger charge is 2.44. The molecule has 7 nitrogen and oxygen atoms in total. The van der Waals surface area contributed by atoms with Crippen molar-refractivity contribution >= 4 is 11.6 Å². The summed E-state index contributed by atoms with van der Waals surface area (Å²) < 4.78 is 11.2. The van der Waals surface area contributed by atoms with Gasteiger partial charge in [-0.05, 0) is 41.3 Å². The fraction of sp³-hybridized carbons (Fsp3) is 0.455. The summed E-state index contributed by atoms with van der Waals surface area (Å²) in [5.41, 5.74) is 3.04. The minimum atomic E-state index is -1.44. The van der Waals surface area contributed by atoms with Gasteiger partial charge in [-0.2, -0.15) is 0 Å². The highest BCUT2D eigenvalue weighted by molar-refractivity contribution is 6.31. The van der Waals surface area contributed by atoms with Crippen molar-refractivity contribution in [3.8, 4) is 5.75 Å². The van der Waals surface area contributed by atoms with Gasteiger partial charge in [-0.25, -0.2) is 0 Å². The molecule has 2 aromatic carbocycles. The van der Waals surface area contributed by atoms with Crippen molar-refractivity contribution in [2.45, 2.75) is 49.5 Å². The number of ether oxygens (including phenoxy) is 2. The van der Waals surface area contributed by atoms with Gasteiger partial charge < -0.3 is 35.0 Å². The summed E-state index contributed by atoms with van der Waals surface area (Å²) in [7, 11) is 0. The molecule has 0 bridgehead atoms. The first-order valence-electron chi connectivity index (χ1n) is 9.91.